The molecule has 0 bridgehead atoms. The lowest BCUT2D eigenvalue weighted by molar-refractivity contribution is -0.192. The summed E-state index contributed by atoms with van der Waals surface area (Å²) in [6, 6.07) is 2.68. The van der Waals surface area contributed by atoms with E-state index in [2.05, 4.69) is 15.2 Å². The van der Waals surface area contributed by atoms with Crippen LogP contribution in [0.1, 0.15) is 37.1 Å². The van der Waals surface area contributed by atoms with Crippen LogP contribution in [-0.4, -0.2) is 69.5 Å². The molecule has 2 aromatic rings. The first-order valence-electron chi connectivity index (χ1n) is 10.8. The maximum atomic E-state index is 13.6. The fourth-order valence-electron chi connectivity index (χ4n) is 3.81. The predicted molar refractivity (Wildman–Crippen MR) is 111 cm³/mol. The Kier molecular flexibility index (Phi) is 8.43. The molecule has 1 fully saturated rings. The van der Waals surface area contributed by atoms with Gasteiger partial charge in [0.25, 0.3) is 0 Å². The van der Waals surface area contributed by atoms with Gasteiger partial charge in [-0.05, 0) is 50.6 Å². The van der Waals surface area contributed by atoms with E-state index in [1.54, 1.807) is 4.68 Å². The third kappa shape index (κ3) is 6.73. The van der Waals surface area contributed by atoms with Crippen molar-refractivity contribution in [3.63, 3.8) is 0 Å². The number of hydrogen-bond donors (Lipinski definition) is 1. The summed E-state index contributed by atoms with van der Waals surface area (Å²) in [5.41, 5.74) is 1.56. The lowest BCUT2D eigenvalue weighted by Gasteiger charge is -2.26. The van der Waals surface area contributed by atoms with Gasteiger partial charge in [0.05, 0.1) is 17.1 Å². The number of carboxylic acid groups (broad SMARTS) is 1. The van der Waals surface area contributed by atoms with Gasteiger partial charge in [0.1, 0.15) is 5.69 Å². The number of nitrogens with zero attached hydrogens (tertiary/aromatic N) is 5. The molecule has 1 saturated heterocycles. The van der Waals surface area contributed by atoms with Crippen LogP contribution < -0.4 is 0 Å². The van der Waals surface area contributed by atoms with Crippen LogP contribution in [0.4, 0.5) is 22.0 Å². The number of aromatic nitrogens is 3. The fraction of sp³-hybridized carbons (Fsp3) is 0.550. The molecular formula is C20H24F5N5O4S. The molecule has 0 radical (unpaired) electrons. The lowest BCUT2D eigenvalue weighted by atomic mass is 10.1. The van der Waals surface area contributed by atoms with Crippen LogP contribution in [0.5, 0.6) is 0 Å². The average Bonchev–Trinajstić information content (AvgIpc) is 3.02. The summed E-state index contributed by atoms with van der Waals surface area (Å²) in [7, 11) is -3.95. The Labute approximate surface area is 198 Å². The number of halogens is 5. The van der Waals surface area contributed by atoms with Gasteiger partial charge in [-0.1, -0.05) is 11.6 Å². The minimum Gasteiger partial charge on any atom is -0.475 e. The Balaban J connectivity index is 0.000000429. The number of likely N-dealkylation sites (tertiary alicyclic amines) is 1. The molecule has 4 rings (SSSR count). The highest BCUT2D eigenvalue weighted by atomic mass is 32.2. The van der Waals surface area contributed by atoms with Gasteiger partial charge in [-0.25, -0.2) is 26.7 Å². The largest absolute Gasteiger partial charge is 0.490 e. The number of carboxylic acids is 1. The fourth-order valence-corrected chi connectivity index (χ4v) is 5.26. The SMILES string of the molecule is O=C(O)C(F)(F)F.O=S(=O)(c1ccc(F)c(F)c1)N1CCCn2nnc(CN3CCCCC3)c2C1. The number of hydrogen-bond acceptors (Lipinski definition) is 6. The Bertz CT molecular complexity index is 1150. The highest BCUT2D eigenvalue weighted by Crippen LogP contribution is 2.24. The molecule has 194 valence electrons. The Morgan fingerprint density at radius 3 is 2.26 bits per heavy atom. The number of fused-ring (bicyclic) bond motifs is 1. The number of sulfonamides is 1. The first-order chi connectivity index (χ1) is 16.4. The molecule has 2 aliphatic rings. The number of aryl methyl sites for hydroxylation is 1. The van der Waals surface area contributed by atoms with Crippen molar-refractivity contribution in [2.24, 2.45) is 0 Å². The second-order valence-corrected chi connectivity index (χ2v) is 10.1. The summed E-state index contributed by atoms with van der Waals surface area (Å²) < 4.78 is 87.6. The number of aliphatic carboxylic acids is 1. The van der Waals surface area contributed by atoms with E-state index in [1.807, 2.05) is 0 Å². The summed E-state index contributed by atoms with van der Waals surface area (Å²) >= 11 is 0. The van der Waals surface area contributed by atoms with E-state index >= 15 is 0 Å². The molecular weight excluding hydrogens is 501 g/mol. The van der Waals surface area contributed by atoms with Gasteiger partial charge >= 0.3 is 12.1 Å². The van der Waals surface area contributed by atoms with Crippen LogP contribution in [0.25, 0.3) is 0 Å². The van der Waals surface area contributed by atoms with E-state index in [0.29, 0.717) is 19.5 Å². The van der Waals surface area contributed by atoms with Crippen molar-refractivity contribution in [1.82, 2.24) is 24.2 Å². The predicted octanol–water partition coefficient (Wildman–Crippen LogP) is 2.77. The summed E-state index contributed by atoms with van der Waals surface area (Å²) in [5.74, 6) is -5.00. The van der Waals surface area contributed by atoms with Crippen LogP contribution >= 0.6 is 0 Å². The standard InChI is InChI=1S/C18H23F2N5O2S.C2HF3O2/c19-15-6-5-14(11-16(15)20)28(26,27)24-9-4-10-25-18(13-24)17(21-22-25)12-23-7-2-1-3-8-23;3-2(4,5)1(6)7/h5-6,11H,1-4,7-10,12-13H2;(H,6,7). The Morgan fingerprint density at radius 2 is 1.66 bits per heavy atom. The van der Waals surface area contributed by atoms with Gasteiger partial charge in [-0.3, -0.25) is 4.90 Å². The van der Waals surface area contributed by atoms with Crippen LogP contribution in [0.2, 0.25) is 0 Å². The number of rotatable bonds is 4. The maximum absolute atomic E-state index is 13.6. The zero-order valence-electron chi connectivity index (χ0n) is 18.5. The highest BCUT2D eigenvalue weighted by molar-refractivity contribution is 7.89. The molecule has 0 amide bonds. The minimum atomic E-state index is -5.08. The summed E-state index contributed by atoms with van der Waals surface area (Å²) in [5, 5.41) is 15.6. The molecule has 3 heterocycles. The quantitative estimate of drug-likeness (QED) is 0.612. The minimum absolute atomic E-state index is 0.123. The van der Waals surface area contributed by atoms with Crippen LogP contribution in [-0.2, 0) is 34.5 Å². The molecule has 1 N–H and O–H groups in total. The molecule has 9 nitrogen and oxygen atoms in total. The maximum Gasteiger partial charge on any atom is 0.490 e. The van der Waals surface area contributed by atoms with Gasteiger partial charge in [0, 0.05) is 19.6 Å². The van der Waals surface area contributed by atoms with E-state index in [0.717, 1.165) is 55.5 Å². The van der Waals surface area contributed by atoms with Crippen molar-refractivity contribution in [2.75, 3.05) is 19.6 Å². The number of benzene rings is 1. The number of piperidine rings is 1. The molecule has 0 unspecified atom stereocenters. The molecule has 2 aliphatic heterocycles. The van der Waals surface area contributed by atoms with E-state index < -0.39 is 33.8 Å². The van der Waals surface area contributed by atoms with Crippen molar-refractivity contribution >= 4 is 16.0 Å². The van der Waals surface area contributed by atoms with Crippen LogP contribution in [0, 0.1) is 11.6 Å². The van der Waals surface area contributed by atoms with Gasteiger partial charge in [0.2, 0.25) is 10.0 Å². The van der Waals surface area contributed by atoms with Crippen molar-refractivity contribution in [2.45, 2.75) is 56.4 Å². The van der Waals surface area contributed by atoms with Crippen molar-refractivity contribution < 1.29 is 40.3 Å². The van der Waals surface area contributed by atoms with Crippen molar-refractivity contribution in [3.8, 4) is 0 Å². The van der Waals surface area contributed by atoms with Crippen LogP contribution in [0.15, 0.2) is 23.1 Å². The molecule has 0 aliphatic carbocycles. The van der Waals surface area contributed by atoms with Gasteiger partial charge < -0.3 is 5.11 Å². The second-order valence-electron chi connectivity index (χ2n) is 8.11. The van der Waals surface area contributed by atoms with Gasteiger partial charge in [-0.2, -0.15) is 17.5 Å². The Morgan fingerprint density at radius 1 is 1.00 bits per heavy atom. The topological polar surface area (TPSA) is 109 Å². The third-order valence-electron chi connectivity index (χ3n) is 5.62. The first-order valence-corrected chi connectivity index (χ1v) is 12.2. The lowest BCUT2D eigenvalue weighted by Crippen LogP contribution is -2.32. The summed E-state index contributed by atoms with van der Waals surface area (Å²) in [6.07, 6.45) is -0.973. The van der Waals surface area contributed by atoms with E-state index in [9.17, 15) is 30.4 Å². The summed E-state index contributed by atoms with van der Waals surface area (Å²) in [6.45, 7) is 3.64. The molecule has 0 saturated carbocycles. The van der Waals surface area contributed by atoms with Crippen LogP contribution in [0.3, 0.4) is 0 Å². The highest BCUT2D eigenvalue weighted by Gasteiger charge is 2.38. The van der Waals surface area contributed by atoms with Crippen molar-refractivity contribution in [1.29, 1.82) is 0 Å². The number of alkyl halides is 3. The first kappa shape index (κ1) is 26.9. The molecule has 1 aromatic heterocycles. The smallest absolute Gasteiger partial charge is 0.475 e. The van der Waals surface area contributed by atoms with Gasteiger partial charge in [0.15, 0.2) is 11.6 Å². The average molecular weight is 526 g/mol. The zero-order chi connectivity index (χ0) is 25.8. The molecule has 15 heteroatoms. The second kappa shape index (κ2) is 11.0. The normalized spacial score (nSPS) is 17.7. The zero-order valence-corrected chi connectivity index (χ0v) is 19.3. The molecule has 35 heavy (non-hydrogen) atoms. The van der Waals surface area contributed by atoms with E-state index in [1.165, 1.54) is 10.7 Å². The summed E-state index contributed by atoms with van der Waals surface area (Å²) in [4.78, 5) is 11.0. The Hall–Kier alpha value is -2.65. The molecule has 1 aromatic carbocycles. The van der Waals surface area contributed by atoms with E-state index in [-0.39, 0.29) is 18.0 Å². The molecule has 0 atom stereocenters. The molecule has 0 spiro atoms. The van der Waals surface area contributed by atoms with Crippen molar-refractivity contribution in [3.05, 3.63) is 41.2 Å². The third-order valence-corrected chi connectivity index (χ3v) is 7.46. The van der Waals surface area contributed by atoms with E-state index in [4.69, 9.17) is 9.90 Å². The monoisotopic (exact) mass is 525 g/mol. The number of carbonyl (C=O) groups is 1. The van der Waals surface area contributed by atoms with Gasteiger partial charge in [-0.15, -0.1) is 5.10 Å².